The van der Waals surface area contributed by atoms with E-state index in [-0.39, 0.29) is 5.41 Å². The number of benzene rings is 1. The summed E-state index contributed by atoms with van der Waals surface area (Å²) < 4.78 is 5.31. The Morgan fingerprint density at radius 3 is 2.61 bits per heavy atom. The van der Waals surface area contributed by atoms with Crippen LogP contribution in [0.25, 0.3) is 0 Å². The van der Waals surface area contributed by atoms with Crippen LogP contribution in [-0.2, 0) is 6.42 Å². The summed E-state index contributed by atoms with van der Waals surface area (Å²) in [7, 11) is 1.71. The predicted octanol–water partition coefficient (Wildman–Crippen LogP) is 2.88. The number of hydrogen-bond donors (Lipinski definition) is 1. The third kappa shape index (κ3) is 5.75. The smallest absolute Gasteiger partial charge is 0.122 e. The van der Waals surface area contributed by atoms with Crippen molar-refractivity contribution in [3.63, 3.8) is 0 Å². The molecule has 0 fully saturated rings. The van der Waals surface area contributed by atoms with Crippen molar-refractivity contribution in [2.45, 2.75) is 27.2 Å². The van der Waals surface area contributed by atoms with E-state index in [4.69, 9.17) is 4.74 Å². The Balaban J connectivity index is 2.31. The van der Waals surface area contributed by atoms with Gasteiger partial charge in [0.15, 0.2) is 0 Å². The Morgan fingerprint density at radius 2 is 1.94 bits per heavy atom. The zero-order valence-corrected chi connectivity index (χ0v) is 11.8. The molecule has 0 aliphatic rings. The van der Waals surface area contributed by atoms with Crippen molar-refractivity contribution in [2.24, 2.45) is 5.41 Å². The molecule has 0 heterocycles. The highest BCUT2D eigenvalue weighted by molar-refractivity contribution is 5.33. The first kappa shape index (κ1) is 14.6. The zero-order valence-electron chi connectivity index (χ0n) is 11.8. The number of para-hydroxylation sites is 1. The fourth-order valence-corrected chi connectivity index (χ4v) is 1.59. The third-order valence-electron chi connectivity index (χ3n) is 2.44. The van der Waals surface area contributed by atoms with Gasteiger partial charge in [0.1, 0.15) is 5.75 Å². The average molecular weight is 245 g/mol. The van der Waals surface area contributed by atoms with Gasteiger partial charge in [0.2, 0.25) is 0 Å². The second-order valence-corrected chi connectivity index (χ2v) is 5.29. The molecule has 0 saturated carbocycles. The maximum absolute atomic E-state index is 5.31. The topological polar surface area (TPSA) is 21.3 Å². The Morgan fingerprint density at radius 1 is 1.22 bits per heavy atom. The van der Waals surface area contributed by atoms with Gasteiger partial charge in [-0.25, -0.2) is 0 Å². The van der Waals surface area contributed by atoms with Gasteiger partial charge in [0.25, 0.3) is 0 Å². The molecule has 1 rings (SSSR count). The van der Waals surface area contributed by atoms with Crippen LogP contribution in [0, 0.1) is 17.3 Å². The van der Waals surface area contributed by atoms with Crippen LogP contribution >= 0.6 is 0 Å². The Kier molecular flexibility index (Phi) is 5.74. The highest BCUT2D eigenvalue weighted by Crippen LogP contribution is 2.17. The van der Waals surface area contributed by atoms with Crippen LogP contribution in [0.1, 0.15) is 26.3 Å². The normalized spacial score (nSPS) is 10.7. The van der Waals surface area contributed by atoms with Crippen molar-refractivity contribution >= 4 is 0 Å². The van der Waals surface area contributed by atoms with E-state index in [1.165, 1.54) is 5.56 Å². The molecule has 0 spiro atoms. The van der Waals surface area contributed by atoms with Crippen LogP contribution in [0.15, 0.2) is 24.3 Å². The number of nitrogens with one attached hydrogen (secondary N) is 1. The molecule has 0 aromatic heterocycles. The Hall–Kier alpha value is -1.46. The molecule has 1 aromatic rings. The Labute approximate surface area is 111 Å². The van der Waals surface area contributed by atoms with Gasteiger partial charge in [0, 0.05) is 12.0 Å². The molecule has 1 N–H and O–H groups in total. The molecular formula is C16H23NO. The van der Waals surface area contributed by atoms with E-state index in [2.05, 4.69) is 44.0 Å². The minimum Gasteiger partial charge on any atom is -0.496 e. The van der Waals surface area contributed by atoms with E-state index in [1.807, 2.05) is 18.2 Å². The lowest BCUT2D eigenvalue weighted by atomic mass is 9.98. The second kappa shape index (κ2) is 7.08. The van der Waals surface area contributed by atoms with E-state index in [1.54, 1.807) is 7.11 Å². The second-order valence-electron chi connectivity index (χ2n) is 5.29. The number of rotatable bonds is 5. The minimum absolute atomic E-state index is 0.0876. The largest absolute Gasteiger partial charge is 0.496 e. The number of ether oxygens (including phenoxy) is 1. The van der Waals surface area contributed by atoms with Gasteiger partial charge < -0.3 is 10.1 Å². The van der Waals surface area contributed by atoms with Gasteiger partial charge >= 0.3 is 0 Å². The molecule has 1 aromatic carbocycles. The SMILES string of the molecule is COc1ccccc1CCNCC#CC(C)(C)C. The molecule has 2 heteroatoms. The van der Waals surface area contributed by atoms with Crippen LogP contribution in [-0.4, -0.2) is 20.2 Å². The van der Waals surface area contributed by atoms with Gasteiger partial charge in [-0.3, -0.25) is 0 Å². The van der Waals surface area contributed by atoms with Gasteiger partial charge in [-0.15, -0.1) is 0 Å². The quantitative estimate of drug-likeness (QED) is 0.636. The summed E-state index contributed by atoms with van der Waals surface area (Å²) in [5, 5.41) is 3.33. The Bertz CT molecular complexity index is 421. The first-order chi connectivity index (χ1) is 8.53. The molecule has 0 bridgehead atoms. The van der Waals surface area contributed by atoms with E-state index < -0.39 is 0 Å². The van der Waals surface area contributed by atoms with Gasteiger partial charge in [-0.2, -0.15) is 0 Å². The zero-order chi connectivity index (χ0) is 13.4. The molecular weight excluding hydrogens is 222 g/mol. The van der Waals surface area contributed by atoms with E-state index in [0.29, 0.717) is 0 Å². The fourth-order valence-electron chi connectivity index (χ4n) is 1.59. The predicted molar refractivity (Wildman–Crippen MR) is 76.8 cm³/mol. The van der Waals surface area contributed by atoms with E-state index >= 15 is 0 Å². The number of hydrogen-bond acceptors (Lipinski definition) is 2. The molecule has 0 atom stereocenters. The van der Waals surface area contributed by atoms with Crippen LogP contribution < -0.4 is 10.1 Å². The lowest BCUT2D eigenvalue weighted by Crippen LogP contribution is -2.18. The molecule has 0 aliphatic heterocycles. The van der Waals surface area contributed by atoms with Crippen LogP contribution in [0.3, 0.4) is 0 Å². The first-order valence-corrected chi connectivity index (χ1v) is 6.35. The summed E-state index contributed by atoms with van der Waals surface area (Å²) in [6.45, 7) is 8.02. The fraction of sp³-hybridized carbons (Fsp3) is 0.500. The first-order valence-electron chi connectivity index (χ1n) is 6.35. The molecule has 0 radical (unpaired) electrons. The summed E-state index contributed by atoms with van der Waals surface area (Å²) in [6.07, 6.45) is 0.960. The standard InChI is InChI=1S/C16H23NO/c1-16(2,3)11-7-12-17-13-10-14-8-5-6-9-15(14)18-4/h5-6,8-9,17H,10,12-13H2,1-4H3. The van der Waals surface area contributed by atoms with Crippen molar-refractivity contribution in [3.05, 3.63) is 29.8 Å². The molecule has 2 nitrogen and oxygen atoms in total. The molecule has 18 heavy (non-hydrogen) atoms. The van der Waals surface area contributed by atoms with Crippen molar-refractivity contribution in [1.82, 2.24) is 5.32 Å². The number of methoxy groups -OCH3 is 1. The van der Waals surface area contributed by atoms with Gasteiger partial charge in [-0.1, -0.05) is 30.0 Å². The highest BCUT2D eigenvalue weighted by atomic mass is 16.5. The molecule has 0 saturated heterocycles. The van der Waals surface area contributed by atoms with E-state index in [9.17, 15) is 0 Å². The summed E-state index contributed by atoms with van der Waals surface area (Å²) in [5.74, 6) is 7.31. The van der Waals surface area contributed by atoms with Crippen molar-refractivity contribution < 1.29 is 4.74 Å². The molecule has 0 unspecified atom stereocenters. The van der Waals surface area contributed by atoms with Crippen molar-refractivity contribution in [1.29, 1.82) is 0 Å². The van der Waals surface area contributed by atoms with Crippen molar-refractivity contribution in [2.75, 3.05) is 20.2 Å². The van der Waals surface area contributed by atoms with Crippen LogP contribution in [0.5, 0.6) is 5.75 Å². The summed E-state index contributed by atoms with van der Waals surface area (Å²) in [5.41, 5.74) is 1.32. The molecule has 0 aliphatic carbocycles. The average Bonchev–Trinajstić information content (AvgIpc) is 2.32. The van der Waals surface area contributed by atoms with Gasteiger partial charge in [0.05, 0.1) is 13.7 Å². The molecule has 0 amide bonds. The van der Waals surface area contributed by atoms with Crippen LogP contribution in [0.4, 0.5) is 0 Å². The lowest BCUT2D eigenvalue weighted by Gasteiger charge is -2.08. The third-order valence-corrected chi connectivity index (χ3v) is 2.44. The summed E-state index contributed by atoms with van der Waals surface area (Å²) in [6, 6.07) is 8.12. The summed E-state index contributed by atoms with van der Waals surface area (Å²) >= 11 is 0. The van der Waals surface area contributed by atoms with Crippen LogP contribution in [0.2, 0.25) is 0 Å². The monoisotopic (exact) mass is 245 g/mol. The maximum atomic E-state index is 5.31. The highest BCUT2D eigenvalue weighted by Gasteiger charge is 2.03. The minimum atomic E-state index is 0.0876. The lowest BCUT2D eigenvalue weighted by molar-refractivity contribution is 0.409. The van der Waals surface area contributed by atoms with Gasteiger partial charge in [-0.05, 0) is 38.8 Å². The van der Waals surface area contributed by atoms with E-state index in [0.717, 1.165) is 25.3 Å². The molecule has 98 valence electrons. The summed E-state index contributed by atoms with van der Waals surface area (Å²) in [4.78, 5) is 0. The maximum Gasteiger partial charge on any atom is 0.122 e. The van der Waals surface area contributed by atoms with Crippen molar-refractivity contribution in [3.8, 4) is 17.6 Å².